The molecule has 152 valence electrons. The Morgan fingerprint density at radius 2 is 2.21 bits per heavy atom. The topological polar surface area (TPSA) is 66.0 Å². The summed E-state index contributed by atoms with van der Waals surface area (Å²) in [5.41, 5.74) is 3.02. The minimum atomic E-state index is -0.107. The van der Waals surface area contributed by atoms with E-state index in [-0.39, 0.29) is 11.3 Å². The molecule has 5 nitrogen and oxygen atoms in total. The Morgan fingerprint density at radius 1 is 1.36 bits per heavy atom. The van der Waals surface area contributed by atoms with Gasteiger partial charge in [0.15, 0.2) is 0 Å². The van der Waals surface area contributed by atoms with Gasteiger partial charge in [0.25, 0.3) is 5.91 Å². The van der Waals surface area contributed by atoms with Crippen LogP contribution in [0.25, 0.3) is 0 Å². The molecule has 4 unspecified atom stereocenters. The smallest absolute Gasteiger partial charge is 0.252 e. The molecule has 4 atom stereocenters. The standard InChI is InChI=1S/C22H31ClN4O/c1-22(9-14-5-15-7-16(10-22)18(15)6-14)13-27-21(28)19-8-17(26-12-20(19)23)11-25-4-3-24-2/h8,10,12,14-15,18,24-25H,3-7,9,11,13H2,1-2H3,(H,27,28). The maximum atomic E-state index is 12.8. The Bertz CT molecular complexity index is 780. The van der Waals surface area contributed by atoms with Gasteiger partial charge in [0.05, 0.1) is 16.3 Å². The van der Waals surface area contributed by atoms with Crippen LogP contribution in [0.5, 0.6) is 0 Å². The van der Waals surface area contributed by atoms with Crippen molar-refractivity contribution in [2.75, 3.05) is 26.7 Å². The van der Waals surface area contributed by atoms with Crippen molar-refractivity contribution in [2.24, 2.45) is 23.2 Å². The van der Waals surface area contributed by atoms with E-state index < -0.39 is 0 Å². The van der Waals surface area contributed by atoms with E-state index in [4.69, 9.17) is 11.6 Å². The maximum Gasteiger partial charge on any atom is 0.252 e. The van der Waals surface area contributed by atoms with Gasteiger partial charge in [0.2, 0.25) is 0 Å². The summed E-state index contributed by atoms with van der Waals surface area (Å²) < 4.78 is 0. The van der Waals surface area contributed by atoms with Crippen LogP contribution in [0, 0.1) is 23.2 Å². The molecule has 28 heavy (non-hydrogen) atoms. The number of hydrogen-bond donors (Lipinski definition) is 3. The van der Waals surface area contributed by atoms with E-state index in [9.17, 15) is 4.79 Å². The third-order valence-electron chi connectivity index (χ3n) is 6.72. The number of aromatic nitrogens is 1. The zero-order valence-corrected chi connectivity index (χ0v) is 17.6. The third-order valence-corrected chi connectivity index (χ3v) is 7.02. The van der Waals surface area contributed by atoms with E-state index in [0.29, 0.717) is 23.7 Å². The Balaban J connectivity index is 1.38. The number of nitrogens with one attached hydrogen (secondary N) is 3. The minimum Gasteiger partial charge on any atom is -0.351 e. The van der Waals surface area contributed by atoms with Gasteiger partial charge in [-0.15, -0.1) is 0 Å². The fraction of sp³-hybridized carbons (Fsp3) is 0.636. The average molecular weight is 403 g/mol. The van der Waals surface area contributed by atoms with E-state index in [2.05, 4.69) is 33.9 Å². The second kappa shape index (κ2) is 8.13. The van der Waals surface area contributed by atoms with Crippen LogP contribution in [-0.2, 0) is 6.54 Å². The van der Waals surface area contributed by atoms with Crippen LogP contribution >= 0.6 is 11.6 Å². The van der Waals surface area contributed by atoms with Crippen LogP contribution in [0.15, 0.2) is 23.9 Å². The van der Waals surface area contributed by atoms with Crippen molar-refractivity contribution >= 4 is 17.5 Å². The minimum absolute atomic E-state index is 0.0485. The molecule has 1 amide bonds. The number of amides is 1. The Kier molecular flexibility index (Phi) is 5.77. The van der Waals surface area contributed by atoms with Crippen LogP contribution in [0.4, 0.5) is 0 Å². The predicted molar refractivity (Wildman–Crippen MR) is 112 cm³/mol. The fourth-order valence-corrected chi connectivity index (χ4v) is 5.58. The van der Waals surface area contributed by atoms with E-state index in [1.807, 2.05) is 7.05 Å². The monoisotopic (exact) mass is 402 g/mol. The zero-order chi connectivity index (χ0) is 19.7. The summed E-state index contributed by atoms with van der Waals surface area (Å²) in [6.45, 7) is 5.31. The van der Waals surface area contributed by atoms with Crippen molar-refractivity contribution in [3.8, 4) is 0 Å². The zero-order valence-electron chi connectivity index (χ0n) is 16.9. The normalized spacial score (nSPS) is 30.4. The Hall–Kier alpha value is -1.43. The first-order valence-electron chi connectivity index (χ1n) is 10.5. The van der Waals surface area contributed by atoms with Crippen molar-refractivity contribution in [2.45, 2.75) is 39.2 Å². The van der Waals surface area contributed by atoms with Crippen LogP contribution in [0.3, 0.4) is 0 Å². The SMILES string of the molecule is CNCCNCc1cc(C(=O)NCC2(C)C=C3CC4CC(CC34)C2)c(Cl)cn1. The summed E-state index contributed by atoms with van der Waals surface area (Å²) in [6, 6.07) is 1.80. The second-order valence-electron chi connectivity index (χ2n) is 9.10. The molecule has 4 rings (SSSR count). The first-order chi connectivity index (χ1) is 13.5. The van der Waals surface area contributed by atoms with Crippen molar-refractivity contribution in [1.29, 1.82) is 0 Å². The third kappa shape index (κ3) is 4.12. The van der Waals surface area contributed by atoms with Gasteiger partial charge >= 0.3 is 0 Å². The van der Waals surface area contributed by atoms with Crippen LogP contribution in [-0.4, -0.2) is 37.6 Å². The number of likely N-dealkylation sites (N-methyl/N-ethyl adjacent to an activating group) is 1. The number of carbonyl (C=O) groups is 1. The van der Waals surface area contributed by atoms with Crippen LogP contribution < -0.4 is 16.0 Å². The van der Waals surface area contributed by atoms with E-state index >= 15 is 0 Å². The van der Waals surface area contributed by atoms with E-state index in [1.165, 1.54) is 25.7 Å². The molecule has 0 spiro atoms. The lowest BCUT2D eigenvalue weighted by atomic mass is 9.67. The molecular formula is C22H31ClN4O. The molecule has 0 aliphatic heterocycles. The molecular weight excluding hydrogens is 372 g/mol. The van der Waals surface area contributed by atoms with E-state index in [1.54, 1.807) is 17.8 Å². The molecule has 0 radical (unpaired) electrons. The van der Waals surface area contributed by atoms with Crippen LogP contribution in [0.2, 0.25) is 5.02 Å². The number of fused-ring (bicyclic) bond motifs is 1. The lowest BCUT2D eigenvalue weighted by Crippen LogP contribution is -2.37. The van der Waals surface area contributed by atoms with Gasteiger partial charge in [-0.05, 0) is 56.6 Å². The molecule has 0 aromatic carbocycles. The summed E-state index contributed by atoms with van der Waals surface area (Å²) in [5, 5.41) is 9.95. The lowest BCUT2D eigenvalue weighted by Gasteiger charge is -2.38. The molecule has 1 aromatic heterocycles. The van der Waals surface area contributed by atoms with Crippen molar-refractivity contribution in [3.05, 3.63) is 40.2 Å². The van der Waals surface area contributed by atoms with Gasteiger partial charge in [-0.2, -0.15) is 0 Å². The second-order valence-corrected chi connectivity index (χ2v) is 9.51. The molecule has 2 bridgehead atoms. The molecule has 1 heterocycles. The van der Waals surface area contributed by atoms with Gasteiger partial charge in [0, 0.05) is 37.8 Å². The summed E-state index contributed by atoms with van der Waals surface area (Å²) in [4.78, 5) is 17.2. The quantitative estimate of drug-likeness (QED) is 0.461. The highest BCUT2D eigenvalue weighted by Crippen LogP contribution is 2.58. The van der Waals surface area contributed by atoms with Gasteiger partial charge in [-0.1, -0.05) is 30.2 Å². The summed E-state index contributed by atoms with van der Waals surface area (Å²) in [5.74, 6) is 2.50. The fourth-order valence-electron chi connectivity index (χ4n) is 5.40. The maximum absolute atomic E-state index is 12.8. The average Bonchev–Trinajstić information content (AvgIpc) is 2.92. The number of hydrogen-bond acceptors (Lipinski definition) is 4. The Morgan fingerprint density at radius 3 is 3.04 bits per heavy atom. The summed E-state index contributed by atoms with van der Waals surface area (Å²) in [7, 11) is 1.92. The number of allylic oxidation sites excluding steroid dienone is 1. The van der Waals surface area contributed by atoms with Gasteiger partial charge in [0.1, 0.15) is 0 Å². The van der Waals surface area contributed by atoms with Crippen LogP contribution in [0.1, 0.15) is 48.7 Å². The molecule has 2 saturated carbocycles. The number of rotatable bonds is 8. The lowest BCUT2D eigenvalue weighted by molar-refractivity contribution is 0.0936. The number of carbonyl (C=O) groups excluding carboxylic acids is 1. The number of nitrogens with zero attached hydrogens (tertiary/aromatic N) is 1. The molecule has 2 fully saturated rings. The molecule has 0 saturated heterocycles. The van der Waals surface area contributed by atoms with Gasteiger partial charge in [-0.25, -0.2) is 0 Å². The van der Waals surface area contributed by atoms with Crippen molar-refractivity contribution in [1.82, 2.24) is 20.9 Å². The first-order valence-corrected chi connectivity index (χ1v) is 10.8. The molecule has 1 aromatic rings. The highest BCUT2D eigenvalue weighted by atomic mass is 35.5. The van der Waals surface area contributed by atoms with Crippen molar-refractivity contribution in [3.63, 3.8) is 0 Å². The van der Waals surface area contributed by atoms with Crippen molar-refractivity contribution < 1.29 is 4.79 Å². The summed E-state index contributed by atoms with van der Waals surface area (Å²) in [6.07, 6.45) is 9.25. The Labute approximate surface area is 172 Å². The highest BCUT2D eigenvalue weighted by Gasteiger charge is 2.48. The number of pyridine rings is 1. The highest BCUT2D eigenvalue weighted by molar-refractivity contribution is 6.33. The summed E-state index contributed by atoms with van der Waals surface area (Å²) >= 11 is 6.27. The van der Waals surface area contributed by atoms with Gasteiger partial charge < -0.3 is 16.0 Å². The van der Waals surface area contributed by atoms with Gasteiger partial charge in [-0.3, -0.25) is 9.78 Å². The largest absolute Gasteiger partial charge is 0.351 e. The molecule has 3 aliphatic carbocycles. The molecule has 3 aliphatic rings. The number of halogens is 1. The molecule has 3 N–H and O–H groups in total. The first kappa shape index (κ1) is 19.9. The van der Waals surface area contributed by atoms with E-state index in [0.717, 1.165) is 36.5 Å². The predicted octanol–water partition coefficient (Wildman–Crippen LogP) is 3.16. The molecule has 6 heteroatoms.